The summed E-state index contributed by atoms with van der Waals surface area (Å²) < 4.78 is 7.21. The van der Waals surface area contributed by atoms with Gasteiger partial charge in [-0.15, -0.1) is 0 Å². The van der Waals surface area contributed by atoms with Gasteiger partial charge in [-0.3, -0.25) is 4.79 Å². The Bertz CT molecular complexity index is 1070. The van der Waals surface area contributed by atoms with Crippen LogP contribution in [0, 0.1) is 5.92 Å². The van der Waals surface area contributed by atoms with Gasteiger partial charge in [0.2, 0.25) is 5.95 Å². The van der Waals surface area contributed by atoms with Crippen molar-refractivity contribution in [2.24, 2.45) is 5.92 Å². The fourth-order valence-corrected chi connectivity index (χ4v) is 4.67. The van der Waals surface area contributed by atoms with Crippen molar-refractivity contribution in [3.05, 3.63) is 53.6 Å². The van der Waals surface area contributed by atoms with E-state index in [0.29, 0.717) is 17.9 Å². The van der Waals surface area contributed by atoms with Crippen molar-refractivity contribution >= 4 is 28.6 Å². The molecule has 1 heterocycles. The SMILES string of the molecule is CCC.COC(=O)Cc1ccc2c(c1)nc(Nc1ccc(C(C)C)cc1)n2C1CCCC(C)C1. The molecule has 184 valence electrons. The number of imidazole rings is 1. The van der Waals surface area contributed by atoms with Crippen molar-refractivity contribution in [1.82, 2.24) is 9.55 Å². The Morgan fingerprint density at radius 1 is 1.15 bits per heavy atom. The summed E-state index contributed by atoms with van der Waals surface area (Å²) in [4.78, 5) is 16.7. The Kier molecular flexibility index (Phi) is 9.14. The first-order valence-corrected chi connectivity index (χ1v) is 12.8. The zero-order valence-electron chi connectivity index (χ0n) is 21.7. The average Bonchev–Trinajstić information content (AvgIpc) is 3.16. The number of carbonyl (C=O) groups is 1. The molecule has 1 saturated carbocycles. The lowest BCUT2D eigenvalue weighted by Crippen LogP contribution is -2.19. The summed E-state index contributed by atoms with van der Waals surface area (Å²) in [6.07, 6.45) is 6.39. The molecule has 1 aliphatic rings. The number of hydrogen-bond donors (Lipinski definition) is 1. The first-order chi connectivity index (χ1) is 16.4. The van der Waals surface area contributed by atoms with E-state index in [2.05, 4.69) is 74.8 Å². The topological polar surface area (TPSA) is 56.1 Å². The van der Waals surface area contributed by atoms with Crippen LogP contribution in [0.2, 0.25) is 0 Å². The summed E-state index contributed by atoms with van der Waals surface area (Å²) in [6.45, 7) is 11.0. The maximum Gasteiger partial charge on any atom is 0.309 e. The Morgan fingerprint density at radius 3 is 2.47 bits per heavy atom. The van der Waals surface area contributed by atoms with E-state index in [-0.39, 0.29) is 12.4 Å². The van der Waals surface area contributed by atoms with Gasteiger partial charge in [0, 0.05) is 11.7 Å². The fourth-order valence-electron chi connectivity index (χ4n) is 4.67. The van der Waals surface area contributed by atoms with E-state index in [1.807, 2.05) is 12.1 Å². The second-order valence-electron chi connectivity index (χ2n) is 9.92. The van der Waals surface area contributed by atoms with Crippen molar-refractivity contribution < 1.29 is 9.53 Å². The van der Waals surface area contributed by atoms with Crippen molar-refractivity contribution in [1.29, 1.82) is 0 Å². The highest BCUT2D eigenvalue weighted by molar-refractivity contribution is 5.82. The molecule has 1 N–H and O–H groups in total. The minimum absolute atomic E-state index is 0.233. The minimum Gasteiger partial charge on any atom is -0.469 e. The second kappa shape index (κ2) is 12.0. The smallest absolute Gasteiger partial charge is 0.309 e. The standard InChI is InChI=1S/C26H33N3O2.C3H8/c1-17(2)20-9-11-21(12-10-20)27-26-28-23-15-19(16-25(30)31-4)8-13-24(23)29(26)22-7-5-6-18(3)14-22;1-3-2/h8-13,15,17-18,22H,5-7,14,16H2,1-4H3,(H,27,28);3H2,1-2H3. The molecular weight excluding hydrogens is 422 g/mol. The normalized spacial score (nSPS) is 17.9. The van der Waals surface area contributed by atoms with Gasteiger partial charge in [0.1, 0.15) is 0 Å². The van der Waals surface area contributed by atoms with E-state index >= 15 is 0 Å². The molecule has 2 atom stereocenters. The fraction of sp³-hybridized carbons (Fsp3) is 0.517. The molecule has 34 heavy (non-hydrogen) atoms. The van der Waals surface area contributed by atoms with E-state index in [1.165, 1.54) is 38.4 Å². The molecule has 0 radical (unpaired) electrons. The number of ether oxygens (including phenoxy) is 1. The van der Waals surface area contributed by atoms with Gasteiger partial charge in [0.05, 0.1) is 24.6 Å². The van der Waals surface area contributed by atoms with E-state index in [9.17, 15) is 4.79 Å². The van der Waals surface area contributed by atoms with Crippen LogP contribution in [0.25, 0.3) is 11.0 Å². The number of esters is 1. The summed E-state index contributed by atoms with van der Waals surface area (Å²) in [5.41, 5.74) is 5.33. The third-order valence-electron chi connectivity index (χ3n) is 6.44. The van der Waals surface area contributed by atoms with Gasteiger partial charge in [-0.05, 0) is 60.1 Å². The van der Waals surface area contributed by atoms with Crippen LogP contribution in [0.3, 0.4) is 0 Å². The Balaban J connectivity index is 0.00000103. The predicted octanol–water partition coefficient (Wildman–Crippen LogP) is 7.79. The molecule has 1 aromatic heterocycles. The first kappa shape index (κ1) is 25.8. The number of carbonyl (C=O) groups excluding carboxylic acids is 1. The zero-order valence-corrected chi connectivity index (χ0v) is 21.7. The predicted molar refractivity (Wildman–Crippen MR) is 142 cm³/mol. The maximum atomic E-state index is 11.7. The van der Waals surface area contributed by atoms with Crippen molar-refractivity contribution in [2.45, 2.75) is 85.1 Å². The number of benzene rings is 2. The minimum atomic E-state index is -0.233. The number of fused-ring (bicyclic) bond motifs is 1. The number of rotatable bonds is 6. The molecule has 0 saturated heterocycles. The molecule has 0 bridgehead atoms. The van der Waals surface area contributed by atoms with Crippen LogP contribution in [-0.2, 0) is 16.0 Å². The molecule has 2 aromatic carbocycles. The van der Waals surface area contributed by atoms with E-state index in [0.717, 1.165) is 34.7 Å². The van der Waals surface area contributed by atoms with Crippen LogP contribution >= 0.6 is 0 Å². The number of nitrogens with one attached hydrogen (secondary N) is 1. The van der Waals surface area contributed by atoms with Crippen LogP contribution in [0.5, 0.6) is 0 Å². The number of hydrogen-bond acceptors (Lipinski definition) is 4. The van der Waals surface area contributed by atoms with Crippen molar-refractivity contribution in [2.75, 3.05) is 12.4 Å². The van der Waals surface area contributed by atoms with Gasteiger partial charge in [0.25, 0.3) is 0 Å². The number of methoxy groups -OCH3 is 1. The molecule has 1 fully saturated rings. The van der Waals surface area contributed by atoms with Crippen LogP contribution in [0.4, 0.5) is 11.6 Å². The largest absolute Gasteiger partial charge is 0.469 e. The van der Waals surface area contributed by atoms with Crippen molar-refractivity contribution in [3.63, 3.8) is 0 Å². The third kappa shape index (κ3) is 6.40. The zero-order chi connectivity index (χ0) is 24.7. The number of anilines is 2. The molecule has 3 aromatic rings. The van der Waals surface area contributed by atoms with E-state index in [1.54, 1.807) is 0 Å². The Hall–Kier alpha value is -2.82. The summed E-state index contributed by atoms with van der Waals surface area (Å²) >= 11 is 0. The average molecular weight is 464 g/mol. The van der Waals surface area contributed by atoms with Gasteiger partial charge < -0.3 is 14.6 Å². The summed E-state index contributed by atoms with van der Waals surface area (Å²) in [7, 11) is 1.42. The van der Waals surface area contributed by atoms with Gasteiger partial charge in [-0.1, -0.05) is 72.1 Å². The van der Waals surface area contributed by atoms with Crippen LogP contribution in [0.1, 0.15) is 89.8 Å². The molecule has 4 rings (SSSR count). The monoisotopic (exact) mass is 463 g/mol. The molecule has 5 heteroatoms. The third-order valence-corrected chi connectivity index (χ3v) is 6.44. The Labute approximate surface area is 204 Å². The highest BCUT2D eigenvalue weighted by Gasteiger charge is 2.25. The molecule has 0 spiro atoms. The quantitative estimate of drug-likeness (QED) is 0.379. The van der Waals surface area contributed by atoms with Crippen LogP contribution in [0.15, 0.2) is 42.5 Å². The van der Waals surface area contributed by atoms with Gasteiger partial charge in [-0.25, -0.2) is 4.98 Å². The second-order valence-corrected chi connectivity index (χ2v) is 9.92. The molecule has 5 nitrogen and oxygen atoms in total. The lowest BCUT2D eigenvalue weighted by molar-refractivity contribution is -0.139. The highest BCUT2D eigenvalue weighted by atomic mass is 16.5. The van der Waals surface area contributed by atoms with Gasteiger partial charge >= 0.3 is 5.97 Å². The number of aromatic nitrogens is 2. The molecular formula is C29H41N3O2. The first-order valence-electron chi connectivity index (χ1n) is 12.8. The van der Waals surface area contributed by atoms with Crippen LogP contribution < -0.4 is 5.32 Å². The molecule has 1 aliphatic carbocycles. The maximum absolute atomic E-state index is 11.7. The van der Waals surface area contributed by atoms with Crippen molar-refractivity contribution in [3.8, 4) is 0 Å². The number of nitrogens with zero attached hydrogens (tertiary/aromatic N) is 2. The van der Waals surface area contributed by atoms with Gasteiger partial charge in [-0.2, -0.15) is 0 Å². The molecule has 0 amide bonds. The summed E-state index contributed by atoms with van der Waals surface area (Å²) in [5.74, 6) is 1.87. The lowest BCUT2D eigenvalue weighted by Gasteiger charge is -2.29. The lowest BCUT2D eigenvalue weighted by atomic mass is 9.87. The molecule has 2 unspecified atom stereocenters. The van der Waals surface area contributed by atoms with Gasteiger partial charge in [0.15, 0.2) is 0 Å². The van der Waals surface area contributed by atoms with E-state index in [4.69, 9.17) is 9.72 Å². The molecule has 0 aliphatic heterocycles. The summed E-state index contributed by atoms with van der Waals surface area (Å²) in [5, 5.41) is 3.57. The van der Waals surface area contributed by atoms with Crippen LogP contribution in [-0.4, -0.2) is 22.6 Å². The van der Waals surface area contributed by atoms with E-state index < -0.39 is 0 Å². The Morgan fingerprint density at radius 2 is 1.85 bits per heavy atom. The highest BCUT2D eigenvalue weighted by Crippen LogP contribution is 2.37. The summed E-state index contributed by atoms with van der Waals surface area (Å²) in [6, 6.07) is 15.2.